The Hall–Kier alpha value is -1.50. The quantitative estimate of drug-likeness (QED) is 0.623. The van der Waals surface area contributed by atoms with E-state index in [0.717, 1.165) is 16.2 Å². The summed E-state index contributed by atoms with van der Waals surface area (Å²) in [6.45, 7) is 2.49. The van der Waals surface area contributed by atoms with Gasteiger partial charge in [-0.2, -0.15) is 0 Å². The van der Waals surface area contributed by atoms with Gasteiger partial charge < -0.3 is 4.74 Å². The van der Waals surface area contributed by atoms with E-state index >= 15 is 0 Å². The van der Waals surface area contributed by atoms with E-state index in [1.807, 2.05) is 37.4 Å². The predicted octanol–water partition coefficient (Wildman–Crippen LogP) is 3.07. The van der Waals surface area contributed by atoms with Crippen molar-refractivity contribution in [1.82, 2.24) is 4.72 Å². The molecular weight excluding hydrogens is 318 g/mol. The van der Waals surface area contributed by atoms with E-state index in [4.69, 9.17) is 4.74 Å². The minimum atomic E-state index is -3.49. The topological polar surface area (TPSA) is 55.4 Å². The van der Waals surface area contributed by atoms with E-state index in [1.165, 1.54) is 0 Å². The van der Waals surface area contributed by atoms with Gasteiger partial charge in [0.25, 0.3) is 0 Å². The van der Waals surface area contributed by atoms with Crippen molar-refractivity contribution in [2.75, 3.05) is 19.4 Å². The molecule has 6 heteroatoms. The lowest BCUT2D eigenvalue weighted by molar-refractivity contribution is 0.322. The molecule has 0 bridgehead atoms. The van der Waals surface area contributed by atoms with Crippen molar-refractivity contribution in [1.29, 1.82) is 0 Å². The molecule has 0 saturated heterocycles. The van der Waals surface area contributed by atoms with E-state index in [1.54, 1.807) is 36.0 Å². The molecule has 0 amide bonds. The van der Waals surface area contributed by atoms with Crippen LogP contribution in [0.25, 0.3) is 0 Å². The molecule has 0 radical (unpaired) electrons. The third-order valence-corrected chi connectivity index (χ3v) is 5.24. The smallest absolute Gasteiger partial charge is 0.240 e. The molecule has 0 unspecified atom stereocenters. The largest absolute Gasteiger partial charge is 0.492 e. The lowest BCUT2D eigenvalue weighted by Crippen LogP contribution is -2.28. The van der Waals surface area contributed by atoms with Crippen molar-refractivity contribution in [3.63, 3.8) is 0 Å². The van der Waals surface area contributed by atoms with Gasteiger partial charge in [-0.25, -0.2) is 13.1 Å². The van der Waals surface area contributed by atoms with Crippen LogP contribution in [0.15, 0.2) is 58.3 Å². The van der Waals surface area contributed by atoms with Crippen LogP contribution in [0.1, 0.15) is 5.56 Å². The average molecular weight is 337 g/mol. The molecule has 0 heterocycles. The van der Waals surface area contributed by atoms with Gasteiger partial charge in [0.1, 0.15) is 12.4 Å². The summed E-state index contributed by atoms with van der Waals surface area (Å²) in [6, 6.07) is 14.4. The molecular formula is C16H19NO3S2. The number of rotatable bonds is 7. The van der Waals surface area contributed by atoms with Crippen LogP contribution in [0.4, 0.5) is 0 Å². The summed E-state index contributed by atoms with van der Waals surface area (Å²) < 4.78 is 32.3. The number of aryl methyl sites for hydroxylation is 1. The highest BCUT2D eigenvalue weighted by Crippen LogP contribution is 2.17. The second-order valence-corrected chi connectivity index (χ2v) is 7.38. The molecule has 2 rings (SSSR count). The number of benzene rings is 2. The number of ether oxygens (including phenoxy) is 1. The maximum Gasteiger partial charge on any atom is 0.240 e. The van der Waals surface area contributed by atoms with Crippen molar-refractivity contribution < 1.29 is 13.2 Å². The molecule has 0 aliphatic heterocycles. The Bertz CT molecular complexity index is 712. The second kappa shape index (κ2) is 7.67. The molecule has 0 aliphatic rings. The predicted molar refractivity (Wildman–Crippen MR) is 90.1 cm³/mol. The Balaban J connectivity index is 1.87. The maximum atomic E-state index is 12.1. The van der Waals surface area contributed by atoms with Crippen LogP contribution in [0.3, 0.4) is 0 Å². The van der Waals surface area contributed by atoms with Crippen molar-refractivity contribution in [2.45, 2.75) is 16.7 Å². The number of hydrogen-bond donors (Lipinski definition) is 1. The summed E-state index contributed by atoms with van der Waals surface area (Å²) in [5, 5.41) is 0. The summed E-state index contributed by atoms with van der Waals surface area (Å²) in [6.07, 6.45) is 1.95. The summed E-state index contributed by atoms with van der Waals surface area (Å²) in [4.78, 5) is 1.29. The van der Waals surface area contributed by atoms with Crippen molar-refractivity contribution in [3.8, 4) is 5.75 Å². The van der Waals surface area contributed by atoms with Gasteiger partial charge in [0, 0.05) is 11.4 Å². The SMILES string of the molecule is CSc1ccc(S(=O)(=O)NCCOc2cccc(C)c2)cc1. The van der Waals surface area contributed by atoms with Crippen LogP contribution in [-0.2, 0) is 10.0 Å². The molecule has 22 heavy (non-hydrogen) atoms. The fourth-order valence-corrected chi connectivity index (χ4v) is 3.31. The van der Waals surface area contributed by atoms with Crippen LogP contribution in [-0.4, -0.2) is 27.8 Å². The normalized spacial score (nSPS) is 11.4. The van der Waals surface area contributed by atoms with Crippen molar-refractivity contribution in [3.05, 3.63) is 54.1 Å². The molecule has 4 nitrogen and oxygen atoms in total. The van der Waals surface area contributed by atoms with Crippen LogP contribution in [0.2, 0.25) is 0 Å². The Labute approximate surface area is 135 Å². The van der Waals surface area contributed by atoms with E-state index in [-0.39, 0.29) is 18.0 Å². The van der Waals surface area contributed by atoms with Crippen LogP contribution in [0.5, 0.6) is 5.75 Å². The number of sulfonamides is 1. The molecule has 2 aromatic rings. The van der Waals surface area contributed by atoms with Gasteiger partial charge in [-0.3, -0.25) is 0 Å². The van der Waals surface area contributed by atoms with Crippen molar-refractivity contribution in [2.24, 2.45) is 0 Å². The van der Waals surface area contributed by atoms with E-state index in [2.05, 4.69) is 4.72 Å². The lowest BCUT2D eigenvalue weighted by atomic mass is 10.2. The first-order valence-electron chi connectivity index (χ1n) is 6.84. The van der Waals surface area contributed by atoms with Gasteiger partial charge in [-0.15, -0.1) is 11.8 Å². The van der Waals surface area contributed by atoms with Gasteiger partial charge in [-0.05, 0) is 55.1 Å². The molecule has 118 valence electrons. The molecule has 1 N–H and O–H groups in total. The number of nitrogens with one attached hydrogen (secondary N) is 1. The molecule has 0 aliphatic carbocycles. The zero-order valence-electron chi connectivity index (χ0n) is 12.6. The Morgan fingerprint density at radius 1 is 1.14 bits per heavy atom. The Morgan fingerprint density at radius 3 is 2.50 bits per heavy atom. The minimum absolute atomic E-state index is 0.223. The third kappa shape index (κ3) is 4.76. The molecule has 0 aromatic heterocycles. The van der Waals surface area contributed by atoms with E-state index in [0.29, 0.717) is 0 Å². The Kier molecular flexibility index (Phi) is 5.88. The molecule has 0 fully saturated rings. The summed E-state index contributed by atoms with van der Waals surface area (Å²) in [7, 11) is -3.49. The second-order valence-electron chi connectivity index (χ2n) is 4.74. The monoisotopic (exact) mass is 337 g/mol. The fraction of sp³-hybridized carbons (Fsp3) is 0.250. The first kappa shape index (κ1) is 16.9. The highest BCUT2D eigenvalue weighted by atomic mass is 32.2. The lowest BCUT2D eigenvalue weighted by Gasteiger charge is -2.09. The summed E-state index contributed by atoms with van der Waals surface area (Å²) >= 11 is 1.57. The first-order valence-corrected chi connectivity index (χ1v) is 9.55. The maximum absolute atomic E-state index is 12.1. The molecule has 0 spiro atoms. The van der Waals surface area contributed by atoms with E-state index < -0.39 is 10.0 Å². The average Bonchev–Trinajstić information content (AvgIpc) is 2.52. The highest BCUT2D eigenvalue weighted by molar-refractivity contribution is 7.98. The van der Waals surface area contributed by atoms with Gasteiger partial charge in [0.15, 0.2) is 0 Å². The summed E-state index contributed by atoms with van der Waals surface area (Å²) in [5.41, 5.74) is 1.10. The van der Waals surface area contributed by atoms with Gasteiger partial charge in [0.2, 0.25) is 10.0 Å². The Morgan fingerprint density at radius 2 is 1.86 bits per heavy atom. The molecule has 2 aromatic carbocycles. The van der Waals surface area contributed by atoms with Gasteiger partial charge in [-0.1, -0.05) is 12.1 Å². The molecule has 0 saturated carbocycles. The zero-order valence-corrected chi connectivity index (χ0v) is 14.2. The van der Waals surface area contributed by atoms with Crippen LogP contribution >= 0.6 is 11.8 Å². The zero-order chi connectivity index (χ0) is 16.0. The standard InChI is InChI=1S/C16H19NO3S2/c1-13-4-3-5-14(12-13)20-11-10-17-22(18,19)16-8-6-15(21-2)7-9-16/h3-9,12,17H,10-11H2,1-2H3. The molecule has 0 atom stereocenters. The van der Waals surface area contributed by atoms with Crippen LogP contribution in [0, 0.1) is 6.92 Å². The minimum Gasteiger partial charge on any atom is -0.492 e. The number of hydrogen-bond acceptors (Lipinski definition) is 4. The van der Waals surface area contributed by atoms with Gasteiger partial charge in [0.05, 0.1) is 4.90 Å². The number of thioether (sulfide) groups is 1. The summed E-state index contributed by atoms with van der Waals surface area (Å²) in [5.74, 6) is 0.739. The fourth-order valence-electron chi connectivity index (χ4n) is 1.89. The highest BCUT2D eigenvalue weighted by Gasteiger charge is 2.12. The van der Waals surface area contributed by atoms with Crippen molar-refractivity contribution >= 4 is 21.8 Å². The van der Waals surface area contributed by atoms with Crippen LogP contribution < -0.4 is 9.46 Å². The van der Waals surface area contributed by atoms with E-state index in [9.17, 15) is 8.42 Å². The van der Waals surface area contributed by atoms with Gasteiger partial charge >= 0.3 is 0 Å². The first-order chi connectivity index (χ1) is 10.5. The third-order valence-electron chi connectivity index (χ3n) is 3.02.